The first kappa shape index (κ1) is 21.9. The van der Waals surface area contributed by atoms with Crippen LogP contribution in [-0.4, -0.2) is 34.1 Å². The molecule has 0 aromatic carbocycles. The summed E-state index contributed by atoms with van der Waals surface area (Å²) >= 11 is 0. The second-order valence-corrected chi connectivity index (χ2v) is 6.89. The number of rotatable bonds is 17. The smallest absolute Gasteiger partial charge is 0.111 e. The van der Waals surface area contributed by atoms with Gasteiger partial charge in [-0.2, -0.15) is 0 Å². The lowest BCUT2D eigenvalue weighted by atomic mass is 9.97. The molecular formula is C19H40O3. The normalized spacial score (nSPS) is 12.0. The van der Waals surface area contributed by atoms with Gasteiger partial charge in [-0.1, -0.05) is 96.8 Å². The third-order valence-electron chi connectivity index (χ3n) is 4.58. The Morgan fingerprint density at radius 3 is 1.18 bits per heavy atom. The molecule has 0 aliphatic rings. The van der Waals surface area contributed by atoms with Crippen molar-refractivity contribution in [3.63, 3.8) is 0 Å². The minimum atomic E-state index is -1.27. The molecule has 0 aliphatic carbocycles. The highest BCUT2D eigenvalue weighted by Gasteiger charge is 2.23. The van der Waals surface area contributed by atoms with E-state index in [0.717, 1.165) is 12.8 Å². The van der Waals surface area contributed by atoms with E-state index in [1.807, 2.05) is 0 Å². The fourth-order valence-electron chi connectivity index (χ4n) is 2.86. The summed E-state index contributed by atoms with van der Waals surface area (Å²) in [6, 6.07) is 0. The van der Waals surface area contributed by atoms with Crippen molar-refractivity contribution < 1.29 is 15.3 Å². The summed E-state index contributed by atoms with van der Waals surface area (Å²) in [4.78, 5) is 0. The molecule has 0 bridgehead atoms. The summed E-state index contributed by atoms with van der Waals surface area (Å²) in [6.07, 6.45) is 18.8. The highest BCUT2D eigenvalue weighted by molar-refractivity contribution is 4.75. The van der Waals surface area contributed by atoms with Crippen LogP contribution in [0.1, 0.15) is 103 Å². The van der Waals surface area contributed by atoms with Gasteiger partial charge < -0.3 is 15.3 Å². The van der Waals surface area contributed by atoms with Crippen LogP contribution >= 0.6 is 0 Å². The monoisotopic (exact) mass is 316 g/mol. The van der Waals surface area contributed by atoms with Gasteiger partial charge in [-0.05, 0) is 6.42 Å². The summed E-state index contributed by atoms with van der Waals surface area (Å²) in [6.45, 7) is 1.57. The van der Waals surface area contributed by atoms with Crippen LogP contribution in [0.3, 0.4) is 0 Å². The average Bonchev–Trinajstić information content (AvgIpc) is 2.55. The molecule has 22 heavy (non-hydrogen) atoms. The van der Waals surface area contributed by atoms with E-state index in [1.165, 1.54) is 77.0 Å². The highest BCUT2D eigenvalue weighted by atomic mass is 16.4. The van der Waals surface area contributed by atoms with Gasteiger partial charge in [-0.25, -0.2) is 0 Å². The molecule has 0 fully saturated rings. The molecule has 0 rings (SSSR count). The molecule has 3 heteroatoms. The molecule has 0 radical (unpaired) electrons. The fourth-order valence-corrected chi connectivity index (χ4v) is 2.86. The lowest BCUT2D eigenvalue weighted by Crippen LogP contribution is -2.37. The van der Waals surface area contributed by atoms with Gasteiger partial charge in [-0.3, -0.25) is 0 Å². The van der Waals surface area contributed by atoms with Crippen molar-refractivity contribution in [2.75, 3.05) is 13.2 Å². The Kier molecular flexibility index (Phi) is 15.7. The summed E-state index contributed by atoms with van der Waals surface area (Å²) in [5.41, 5.74) is -1.27. The molecule has 134 valence electrons. The van der Waals surface area contributed by atoms with Crippen LogP contribution in [0.15, 0.2) is 0 Å². The minimum Gasteiger partial charge on any atom is -0.393 e. The maximum absolute atomic E-state index is 9.72. The third-order valence-corrected chi connectivity index (χ3v) is 4.58. The molecule has 0 saturated heterocycles. The van der Waals surface area contributed by atoms with E-state index >= 15 is 0 Å². The molecule has 0 aromatic heterocycles. The highest BCUT2D eigenvalue weighted by Crippen LogP contribution is 2.16. The van der Waals surface area contributed by atoms with E-state index in [-0.39, 0.29) is 13.2 Å². The van der Waals surface area contributed by atoms with Gasteiger partial charge in [-0.15, -0.1) is 0 Å². The molecule has 0 heterocycles. The zero-order chi connectivity index (χ0) is 16.5. The Morgan fingerprint density at radius 2 is 0.864 bits per heavy atom. The Labute approximate surface area is 138 Å². The van der Waals surface area contributed by atoms with Gasteiger partial charge in [0.25, 0.3) is 0 Å². The van der Waals surface area contributed by atoms with Crippen LogP contribution in [-0.2, 0) is 0 Å². The van der Waals surface area contributed by atoms with Gasteiger partial charge in [0.05, 0.1) is 13.2 Å². The van der Waals surface area contributed by atoms with Crippen molar-refractivity contribution in [1.29, 1.82) is 0 Å². The maximum Gasteiger partial charge on any atom is 0.111 e. The zero-order valence-electron chi connectivity index (χ0n) is 14.9. The van der Waals surface area contributed by atoms with E-state index in [9.17, 15) is 5.11 Å². The van der Waals surface area contributed by atoms with Gasteiger partial charge in [0.15, 0.2) is 0 Å². The van der Waals surface area contributed by atoms with Crippen LogP contribution in [0.5, 0.6) is 0 Å². The first-order valence-corrected chi connectivity index (χ1v) is 9.62. The molecular weight excluding hydrogens is 276 g/mol. The molecule has 0 unspecified atom stereocenters. The number of hydrogen-bond acceptors (Lipinski definition) is 3. The molecule has 3 nitrogen and oxygen atoms in total. The number of hydrogen-bond donors (Lipinski definition) is 3. The first-order valence-electron chi connectivity index (χ1n) is 9.62. The average molecular weight is 317 g/mol. The van der Waals surface area contributed by atoms with E-state index < -0.39 is 5.60 Å². The summed E-state index contributed by atoms with van der Waals surface area (Å²) in [5.74, 6) is 0. The van der Waals surface area contributed by atoms with Crippen LogP contribution in [0.25, 0.3) is 0 Å². The largest absolute Gasteiger partial charge is 0.393 e. The van der Waals surface area contributed by atoms with Gasteiger partial charge >= 0.3 is 0 Å². The van der Waals surface area contributed by atoms with Crippen molar-refractivity contribution in [1.82, 2.24) is 0 Å². The predicted molar refractivity (Wildman–Crippen MR) is 94.1 cm³/mol. The lowest BCUT2D eigenvalue weighted by molar-refractivity contribution is -0.0616. The van der Waals surface area contributed by atoms with Crippen molar-refractivity contribution in [3.8, 4) is 0 Å². The Hall–Kier alpha value is -0.120. The molecule has 0 saturated carbocycles. The summed E-state index contributed by atoms with van der Waals surface area (Å²) in [7, 11) is 0. The number of unbranched alkanes of at least 4 members (excludes halogenated alkanes) is 13. The maximum atomic E-state index is 9.72. The van der Waals surface area contributed by atoms with Crippen LogP contribution in [0.4, 0.5) is 0 Å². The van der Waals surface area contributed by atoms with Gasteiger partial charge in [0.2, 0.25) is 0 Å². The lowest BCUT2D eigenvalue weighted by Gasteiger charge is -2.22. The van der Waals surface area contributed by atoms with E-state index in [4.69, 9.17) is 10.2 Å². The molecule has 3 N–H and O–H groups in total. The quantitative estimate of drug-likeness (QED) is 0.344. The Balaban J connectivity index is 3.14. The Bertz CT molecular complexity index is 215. The number of aliphatic hydroxyl groups is 3. The predicted octanol–water partition coefficient (Wildman–Crippen LogP) is 4.57. The summed E-state index contributed by atoms with van der Waals surface area (Å²) in [5, 5.41) is 27.7. The third kappa shape index (κ3) is 13.5. The second-order valence-electron chi connectivity index (χ2n) is 6.89. The zero-order valence-corrected chi connectivity index (χ0v) is 14.9. The Morgan fingerprint density at radius 1 is 0.545 bits per heavy atom. The van der Waals surface area contributed by atoms with E-state index in [0.29, 0.717) is 6.42 Å². The standard InChI is InChI=1S/C19H40O3/c1-2-3-4-5-6-7-8-9-10-11-12-13-14-15-16-19(22,17-20)18-21/h20-22H,2-18H2,1H3. The first-order chi connectivity index (χ1) is 10.7. The second kappa shape index (κ2) is 15.8. The molecule has 0 aromatic rings. The van der Waals surface area contributed by atoms with E-state index in [2.05, 4.69) is 6.92 Å². The van der Waals surface area contributed by atoms with Crippen LogP contribution < -0.4 is 0 Å². The van der Waals surface area contributed by atoms with Gasteiger partial charge in [0.1, 0.15) is 5.60 Å². The van der Waals surface area contributed by atoms with Crippen LogP contribution in [0, 0.1) is 0 Å². The van der Waals surface area contributed by atoms with Gasteiger partial charge in [0, 0.05) is 0 Å². The fraction of sp³-hybridized carbons (Fsp3) is 1.00. The molecule has 0 aliphatic heterocycles. The van der Waals surface area contributed by atoms with Crippen molar-refractivity contribution in [3.05, 3.63) is 0 Å². The summed E-state index contributed by atoms with van der Waals surface area (Å²) < 4.78 is 0. The number of aliphatic hydroxyl groups excluding tert-OH is 2. The van der Waals surface area contributed by atoms with E-state index in [1.54, 1.807) is 0 Å². The van der Waals surface area contributed by atoms with Crippen molar-refractivity contribution >= 4 is 0 Å². The topological polar surface area (TPSA) is 60.7 Å². The minimum absolute atomic E-state index is 0.345. The molecule has 0 amide bonds. The van der Waals surface area contributed by atoms with Crippen molar-refractivity contribution in [2.24, 2.45) is 0 Å². The van der Waals surface area contributed by atoms with Crippen LogP contribution in [0.2, 0.25) is 0 Å². The SMILES string of the molecule is CCCCCCCCCCCCCCCCC(O)(CO)CO. The molecule has 0 spiro atoms. The molecule has 0 atom stereocenters. The van der Waals surface area contributed by atoms with Crippen molar-refractivity contribution in [2.45, 2.75) is 109 Å².